The van der Waals surface area contributed by atoms with Gasteiger partial charge in [-0.05, 0) is 125 Å². The Labute approximate surface area is 310 Å². The largest absolute Gasteiger partial charge is 0.310 e. The fourth-order valence-corrected chi connectivity index (χ4v) is 8.35. The summed E-state index contributed by atoms with van der Waals surface area (Å²) in [6.45, 7) is 2.14. The fourth-order valence-electron chi connectivity index (χ4n) is 8.35. The van der Waals surface area contributed by atoms with Crippen molar-refractivity contribution in [3.8, 4) is 39.1 Å². The SMILES string of the molecule is Cc1ccc(-n2c3ccccc3c3cc(-c4ccc(N(c5ccc(-c6ccccc6)cc5)c5cccc6c5CCc5ccccc5-6)cc4)ccc32)cc1. The van der Waals surface area contributed by atoms with Crippen molar-refractivity contribution < 1.29 is 0 Å². The Hall–Kier alpha value is -6.64. The molecule has 0 saturated carbocycles. The number of rotatable bonds is 6. The van der Waals surface area contributed by atoms with E-state index < -0.39 is 0 Å². The van der Waals surface area contributed by atoms with Gasteiger partial charge in [-0.15, -0.1) is 0 Å². The number of benzene rings is 8. The Kier molecular flexibility index (Phi) is 7.54. The molecule has 53 heavy (non-hydrogen) atoms. The molecule has 0 N–H and O–H groups in total. The van der Waals surface area contributed by atoms with Crippen LogP contribution >= 0.6 is 0 Å². The van der Waals surface area contributed by atoms with Gasteiger partial charge >= 0.3 is 0 Å². The molecule has 0 fully saturated rings. The number of nitrogens with zero attached hydrogens (tertiary/aromatic N) is 2. The lowest BCUT2D eigenvalue weighted by Gasteiger charge is -2.31. The van der Waals surface area contributed by atoms with Gasteiger partial charge in [-0.1, -0.05) is 133 Å². The molecule has 0 unspecified atom stereocenters. The number of hydrogen-bond acceptors (Lipinski definition) is 1. The van der Waals surface area contributed by atoms with Crippen molar-refractivity contribution in [1.29, 1.82) is 0 Å². The van der Waals surface area contributed by atoms with Crippen molar-refractivity contribution >= 4 is 38.9 Å². The van der Waals surface area contributed by atoms with Crippen molar-refractivity contribution in [1.82, 2.24) is 4.57 Å². The Morgan fingerprint density at radius 1 is 0.434 bits per heavy atom. The van der Waals surface area contributed by atoms with Crippen LogP contribution in [0.3, 0.4) is 0 Å². The van der Waals surface area contributed by atoms with Crippen LogP contribution in [0.15, 0.2) is 188 Å². The monoisotopic (exact) mass is 678 g/mol. The third-order valence-corrected chi connectivity index (χ3v) is 11.0. The number of hydrogen-bond donors (Lipinski definition) is 0. The molecule has 1 aliphatic rings. The Morgan fingerprint density at radius 2 is 1.04 bits per heavy atom. The first-order chi connectivity index (χ1) is 26.2. The first-order valence-corrected chi connectivity index (χ1v) is 18.6. The van der Waals surface area contributed by atoms with Gasteiger partial charge in [0.2, 0.25) is 0 Å². The summed E-state index contributed by atoms with van der Waals surface area (Å²) in [5.41, 5.74) is 18.8. The van der Waals surface area contributed by atoms with Gasteiger partial charge in [0.05, 0.1) is 11.0 Å². The van der Waals surface area contributed by atoms with Crippen molar-refractivity contribution in [2.45, 2.75) is 19.8 Å². The maximum Gasteiger partial charge on any atom is 0.0541 e. The maximum atomic E-state index is 2.45. The number of aromatic nitrogens is 1. The van der Waals surface area contributed by atoms with Crippen LogP contribution in [0.4, 0.5) is 17.1 Å². The van der Waals surface area contributed by atoms with E-state index in [2.05, 4.69) is 204 Å². The molecule has 0 aliphatic heterocycles. The van der Waals surface area contributed by atoms with Crippen molar-refractivity contribution in [2.75, 3.05) is 4.90 Å². The minimum Gasteiger partial charge on any atom is -0.310 e. The molecular weight excluding hydrogens is 641 g/mol. The normalized spacial score (nSPS) is 12.1. The predicted molar refractivity (Wildman–Crippen MR) is 224 cm³/mol. The van der Waals surface area contributed by atoms with Crippen molar-refractivity contribution in [2.24, 2.45) is 0 Å². The van der Waals surface area contributed by atoms with Gasteiger partial charge in [-0.2, -0.15) is 0 Å². The second-order valence-electron chi connectivity index (χ2n) is 14.2. The molecule has 10 rings (SSSR count). The van der Waals surface area contributed by atoms with E-state index in [0.29, 0.717) is 0 Å². The van der Waals surface area contributed by atoms with Crippen LogP contribution in [-0.2, 0) is 12.8 Å². The summed E-state index contributed by atoms with van der Waals surface area (Å²) in [5.74, 6) is 0. The molecule has 1 aliphatic carbocycles. The molecule has 8 aromatic carbocycles. The van der Waals surface area contributed by atoms with E-state index in [1.165, 1.54) is 83.3 Å². The van der Waals surface area contributed by atoms with Crippen LogP contribution in [-0.4, -0.2) is 4.57 Å². The zero-order valence-electron chi connectivity index (χ0n) is 29.7. The van der Waals surface area contributed by atoms with Crippen LogP contribution in [0.1, 0.15) is 16.7 Å². The Balaban J connectivity index is 1.07. The molecule has 9 aromatic rings. The lowest BCUT2D eigenvalue weighted by molar-refractivity contribution is 0.938. The first kappa shape index (κ1) is 31.1. The molecule has 0 spiro atoms. The number of aryl methyl sites for hydroxylation is 2. The van der Waals surface area contributed by atoms with E-state index in [1.807, 2.05) is 0 Å². The second-order valence-corrected chi connectivity index (χ2v) is 14.2. The molecule has 0 bridgehead atoms. The summed E-state index contributed by atoms with van der Waals surface area (Å²) in [6, 6.07) is 69.0. The minimum atomic E-state index is 1.01. The minimum absolute atomic E-state index is 1.01. The van der Waals surface area contributed by atoms with Crippen molar-refractivity contribution in [3.63, 3.8) is 0 Å². The zero-order chi connectivity index (χ0) is 35.3. The molecule has 2 heteroatoms. The highest BCUT2D eigenvalue weighted by molar-refractivity contribution is 6.10. The molecule has 1 aromatic heterocycles. The molecule has 0 atom stereocenters. The van der Waals surface area contributed by atoms with E-state index in [1.54, 1.807) is 0 Å². The van der Waals surface area contributed by atoms with Gasteiger partial charge in [-0.25, -0.2) is 0 Å². The van der Waals surface area contributed by atoms with Gasteiger partial charge in [0, 0.05) is 33.5 Å². The number of anilines is 3. The van der Waals surface area contributed by atoms with Gasteiger partial charge in [-0.3, -0.25) is 0 Å². The third-order valence-electron chi connectivity index (χ3n) is 11.0. The fraction of sp³-hybridized carbons (Fsp3) is 0.0588. The summed E-state index contributed by atoms with van der Waals surface area (Å²) in [6.07, 6.45) is 2.05. The van der Waals surface area contributed by atoms with Crippen LogP contribution in [0.25, 0.3) is 60.9 Å². The number of fused-ring (bicyclic) bond motifs is 6. The summed E-state index contributed by atoms with van der Waals surface area (Å²) in [5, 5.41) is 2.53. The maximum absolute atomic E-state index is 2.45. The molecule has 0 amide bonds. The number of para-hydroxylation sites is 1. The summed E-state index contributed by atoms with van der Waals surface area (Å²) in [4.78, 5) is 2.45. The summed E-state index contributed by atoms with van der Waals surface area (Å²) in [7, 11) is 0. The van der Waals surface area contributed by atoms with E-state index in [4.69, 9.17) is 0 Å². The lowest BCUT2D eigenvalue weighted by Crippen LogP contribution is -2.15. The molecule has 0 saturated heterocycles. The van der Waals surface area contributed by atoms with Gasteiger partial charge in [0.25, 0.3) is 0 Å². The average Bonchev–Trinajstić information content (AvgIpc) is 3.56. The molecular formula is C51H38N2. The third kappa shape index (κ3) is 5.43. The van der Waals surface area contributed by atoms with Gasteiger partial charge < -0.3 is 9.47 Å². The quantitative estimate of drug-likeness (QED) is 0.170. The first-order valence-electron chi connectivity index (χ1n) is 18.6. The van der Waals surface area contributed by atoms with E-state index in [0.717, 1.165) is 24.2 Å². The molecule has 2 nitrogen and oxygen atoms in total. The highest BCUT2D eigenvalue weighted by Gasteiger charge is 2.23. The summed E-state index contributed by atoms with van der Waals surface area (Å²) < 4.78 is 2.39. The highest BCUT2D eigenvalue weighted by atomic mass is 15.1. The lowest BCUT2D eigenvalue weighted by atomic mass is 9.84. The second kappa shape index (κ2) is 12.8. The smallest absolute Gasteiger partial charge is 0.0541 e. The van der Waals surface area contributed by atoms with Crippen LogP contribution in [0.2, 0.25) is 0 Å². The van der Waals surface area contributed by atoms with E-state index in [9.17, 15) is 0 Å². The van der Waals surface area contributed by atoms with Crippen LogP contribution in [0.5, 0.6) is 0 Å². The Bertz CT molecular complexity index is 2750. The van der Waals surface area contributed by atoms with E-state index in [-0.39, 0.29) is 0 Å². The van der Waals surface area contributed by atoms with E-state index >= 15 is 0 Å². The molecule has 252 valence electrons. The molecule has 0 radical (unpaired) electrons. The topological polar surface area (TPSA) is 8.17 Å². The zero-order valence-corrected chi connectivity index (χ0v) is 29.7. The summed E-state index contributed by atoms with van der Waals surface area (Å²) >= 11 is 0. The van der Waals surface area contributed by atoms with Gasteiger partial charge in [0.15, 0.2) is 0 Å². The molecule has 1 heterocycles. The average molecular weight is 679 g/mol. The van der Waals surface area contributed by atoms with Gasteiger partial charge in [0.1, 0.15) is 0 Å². The Morgan fingerprint density at radius 3 is 1.81 bits per heavy atom. The standard InChI is InChI=1S/C51H38N2/c1-35-18-26-43(27-19-35)53-50-16-8-7-14-46(50)48-34-40(25-33-51(48)53)38-22-30-42(31-23-38)52(41-28-20-37(21-29-41)36-10-3-2-4-11-36)49-17-9-15-45-44-13-6-5-12-39(44)24-32-47(45)49/h2-23,25-31,33-34H,24,32H2,1H3. The van der Waals surface area contributed by atoms with Crippen LogP contribution < -0.4 is 4.90 Å². The predicted octanol–water partition coefficient (Wildman–Crippen LogP) is 13.7. The van der Waals surface area contributed by atoms with Crippen LogP contribution in [0, 0.1) is 6.92 Å². The van der Waals surface area contributed by atoms with Crippen molar-refractivity contribution in [3.05, 3.63) is 205 Å². The highest BCUT2D eigenvalue weighted by Crippen LogP contribution is 2.44.